The topological polar surface area (TPSA) is 62.7 Å². The van der Waals surface area contributed by atoms with E-state index in [0.29, 0.717) is 27.7 Å². The highest BCUT2D eigenvalue weighted by Crippen LogP contribution is 2.26. The Balaban J connectivity index is 2.08. The van der Waals surface area contributed by atoms with E-state index in [9.17, 15) is 0 Å². The molecular weight excluding hydrogens is 297 g/mol. The van der Waals surface area contributed by atoms with Crippen LogP contribution < -0.4 is 10.6 Å². The van der Waals surface area contributed by atoms with Crippen molar-refractivity contribution in [3.63, 3.8) is 0 Å². The summed E-state index contributed by atoms with van der Waals surface area (Å²) in [6.07, 6.45) is 1.54. The molecule has 0 unspecified atom stereocenters. The number of hydrogen-bond donors (Lipinski definition) is 2. The molecule has 1 aromatic carbocycles. The van der Waals surface area contributed by atoms with E-state index in [2.05, 4.69) is 39.7 Å². The van der Waals surface area contributed by atoms with Gasteiger partial charge in [0.1, 0.15) is 0 Å². The first kappa shape index (κ1) is 14.8. The Labute approximate surface area is 127 Å². The van der Waals surface area contributed by atoms with E-state index in [-0.39, 0.29) is 0 Å². The van der Waals surface area contributed by atoms with Gasteiger partial charge in [0, 0.05) is 12.2 Å². The fourth-order valence-corrected chi connectivity index (χ4v) is 1.75. The molecule has 0 fully saturated rings. The Hall–Kier alpha value is -1.59. The summed E-state index contributed by atoms with van der Waals surface area (Å²) < 4.78 is 0. The SMILES string of the molecule is CC(C)CNc1nncc(Nc2ccc(Cl)c(Cl)c2)n1. The predicted octanol–water partition coefficient (Wildman–Crippen LogP) is 3.99. The highest BCUT2D eigenvalue weighted by molar-refractivity contribution is 6.42. The smallest absolute Gasteiger partial charge is 0.244 e. The van der Waals surface area contributed by atoms with Crippen LogP contribution in [0.15, 0.2) is 24.4 Å². The van der Waals surface area contributed by atoms with Crippen LogP contribution in [0.2, 0.25) is 10.0 Å². The van der Waals surface area contributed by atoms with Crippen LogP contribution >= 0.6 is 23.2 Å². The number of halogens is 2. The molecule has 2 N–H and O–H groups in total. The van der Waals surface area contributed by atoms with Gasteiger partial charge in [-0.1, -0.05) is 37.0 Å². The van der Waals surface area contributed by atoms with Gasteiger partial charge < -0.3 is 10.6 Å². The molecular formula is C13H15Cl2N5. The van der Waals surface area contributed by atoms with Gasteiger partial charge in [0.15, 0.2) is 5.82 Å². The van der Waals surface area contributed by atoms with Crippen molar-refractivity contribution in [2.75, 3.05) is 17.2 Å². The molecule has 1 aromatic heterocycles. The zero-order valence-corrected chi connectivity index (χ0v) is 12.7. The minimum absolute atomic E-state index is 0.483. The third-order valence-electron chi connectivity index (χ3n) is 2.42. The minimum atomic E-state index is 0.483. The van der Waals surface area contributed by atoms with Gasteiger partial charge in [-0.15, -0.1) is 5.10 Å². The van der Waals surface area contributed by atoms with Crippen molar-refractivity contribution in [2.24, 2.45) is 5.92 Å². The summed E-state index contributed by atoms with van der Waals surface area (Å²) in [6.45, 7) is 5.01. The van der Waals surface area contributed by atoms with Crippen LogP contribution in [0.3, 0.4) is 0 Å². The molecule has 0 aliphatic rings. The van der Waals surface area contributed by atoms with E-state index >= 15 is 0 Å². The maximum atomic E-state index is 5.96. The molecule has 1 heterocycles. The van der Waals surface area contributed by atoms with Gasteiger partial charge in [0.05, 0.1) is 16.2 Å². The highest BCUT2D eigenvalue weighted by atomic mass is 35.5. The van der Waals surface area contributed by atoms with Gasteiger partial charge in [0.2, 0.25) is 5.95 Å². The standard InChI is InChI=1S/C13H15Cl2N5/c1-8(2)6-16-13-19-12(7-17-20-13)18-9-3-4-10(14)11(15)5-9/h3-5,7-8H,6H2,1-2H3,(H2,16,18,19,20). The highest BCUT2D eigenvalue weighted by Gasteiger charge is 2.04. The molecule has 2 rings (SSSR count). The van der Waals surface area contributed by atoms with Crippen LogP contribution in [0, 0.1) is 5.92 Å². The Morgan fingerprint density at radius 1 is 1.20 bits per heavy atom. The van der Waals surface area contributed by atoms with E-state index in [1.165, 1.54) is 0 Å². The number of aromatic nitrogens is 3. The second kappa shape index (κ2) is 6.72. The Kier molecular flexibility index (Phi) is 4.98. The molecule has 0 aliphatic carbocycles. The van der Waals surface area contributed by atoms with Gasteiger partial charge in [-0.2, -0.15) is 10.1 Å². The number of nitrogens with zero attached hydrogens (tertiary/aromatic N) is 3. The molecule has 0 amide bonds. The average Bonchev–Trinajstić information content (AvgIpc) is 2.41. The zero-order chi connectivity index (χ0) is 14.5. The number of hydrogen-bond acceptors (Lipinski definition) is 5. The van der Waals surface area contributed by atoms with E-state index in [1.807, 2.05) is 6.07 Å². The predicted molar refractivity (Wildman–Crippen MR) is 82.9 cm³/mol. The van der Waals surface area contributed by atoms with Crippen molar-refractivity contribution < 1.29 is 0 Å². The van der Waals surface area contributed by atoms with Crippen molar-refractivity contribution in [3.05, 3.63) is 34.4 Å². The largest absolute Gasteiger partial charge is 0.353 e. The van der Waals surface area contributed by atoms with Crippen molar-refractivity contribution in [3.8, 4) is 0 Å². The molecule has 0 saturated carbocycles. The molecule has 0 bridgehead atoms. The second-order valence-corrected chi connectivity index (χ2v) is 5.51. The molecule has 20 heavy (non-hydrogen) atoms. The third-order valence-corrected chi connectivity index (χ3v) is 3.16. The van der Waals surface area contributed by atoms with Crippen LogP contribution in [-0.4, -0.2) is 21.7 Å². The number of benzene rings is 1. The zero-order valence-electron chi connectivity index (χ0n) is 11.2. The number of anilines is 3. The van der Waals surface area contributed by atoms with Crippen molar-refractivity contribution >= 4 is 40.7 Å². The summed E-state index contributed by atoms with van der Waals surface area (Å²) >= 11 is 11.8. The van der Waals surface area contributed by atoms with Crippen LogP contribution in [0.25, 0.3) is 0 Å². The number of rotatable bonds is 5. The molecule has 2 aromatic rings. The summed E-state index contributed by atoms with van der Waals surface area (Å²) in [4.78, 5) is 4.32. The lowest BCUT2D eigenvalue weighted by molar-refractivity contribution is 0.682. The fourth-order valence-electron chi connectivity index (χ4n) is 1.46. The van der Waals surface area contributed by atoms with E-state index in [0.717, 1.165) is 12.2 Å². The third kappa shape index (κ3) is 4.21. The lowest BCUT2D eigenvalue weighted by Gasteiger charge is -2.09. The molecule has 0 saturated heterocycles. The summed E-state index contributed by atoms with van der Waals surface area (Å²) in [6, 6.07) is 5.27. The summed E-state index contributed by atoms with van der Waals surface area (Å²) in [5, 5.41) is 15.0. The van der Waals surface area contributed by atoms with Gasteiger partial charge >= 0.3 is 0 Å². The average molecular weight is 312 g/mol. The second-order valence-electron chi connectivity index (χ2n) is 4.69. The molecule has 0 spiro atoms. The normalized spacial score (nSPS) is 10.7. The minimum Gasteiger partial charge on any atom is -0.353 e. The van der Waals surface area contributed by atoms with Crippen LogP contribution in [-0.2, 0) is 0 Å². The van der Waals surface area contributed by atoms with Gasteiger partial charge in [-0.3, -0.25) is 0 Å². The molecule has 5 nitrogen and oxygen atoms in total. The maximum Gasteiger partial charge on any atom is 0.244 e. The van der Waals surface area contributed by atoms with Gasteiger partial charge in [0.25, 0.3) is 0 Å². The summed E-state index contributed by atoms with van der Waals surface area (Å²) in [5.41, 5.74) is 0.787. The molecule has 0 atom stereocenters. The monoisotopic (exact) mass is 311 g/mol. The van der Waals surface area contributed by atoms with Crippen molar-refractivity contribution in [1.82, 2.24) is 15.2 Å². The van der Waals surface area contributed by atoms with Gasteiger partial charge in [-0.05, 0) is 24.1 Å². The Bertz CT molecular complexity index is 589. The molecule has 106 valence electrons. The number of nitrogens with one attached hydrogen (secondary N) is 2. The van der Waals surface area contributed by atoms with E-state index < -0.39 is 0 Å². The first-order chi connectivity index (χ1) is 9.54. The molecule has 0 aliphatic heterocycles. The molecule has 0 radical (unpaired) electrons. The lowest BCUT2D eigenvalue weighted by atomic mass is 10.2. The van der Waals surface area contributed by atoms with Crippen LogP contribution in [0.4, 0.5) is 17.5 Å². The maximum absolute atomic E-state index is 5.96. The van der Waals surface area contributed by atoms with E-state index in [1.54, 1.807) is 18.3 Å². The van der Waals surface area contributed by atoms with Crippen molar-refractivity contribution in [2.45, 2.75) is 13.8 Å². The van der Waals surface area contributed by atoms with E-state index in [4.69, 9.17) is 23.2 Å². The summed E-state index contributed by atoms with van der Waals surface area (Å²) in [7, 11) is 0. The molecule has 7 heteroatoms. The van der Waals surface area contributed by atoms with Gasteiger partial charge in [-0.25, -0.2) is 0 Å². The first-order valence-electron chi connectivity index (χ1n) is 6.20. The summed E-state index contributed by atoms with van der Waals surface area (Å²) in [5.74, 6) is 1.58. The Morgan fingerprint density at radius 2 is 2.00 bits per heavy atom. The fraction of sp³-hybridized carbons (Fsp3) is 0.308. The first-order valence-corrected chi connectivity index (χ1v) is 6.96. The van der Waals surface area contributed by atoms with Crippen LogP contribution in [0.1, 0.15) is 13.8 Å². The lowest BCUT2D eigenvalue weighted by Crippen LogP contribution is -2.11. The quantitative estimate of drug-likeness (QED) is 0.874. The van der Waals surface area contributed by atoms with Crippen molar-refractivity contribution in [1.29, 1.82) is 0 Å². The van der Waals surface area contributed by atoms with Crippen LogP contribution in [0.5, 0.6) is 0 Å². The Morgan fingerprint density at radius 3 is 2.70 bits per heavy atom.